The molecule has 1 atom stereocenters. The van der Waals surface area contributed by atoms with E-state index in [1.807, 2.05) is 18.2 Å². The average Bonchev–Trinajstić information content (AvgIpc) is 2.88. The summed E-state index contributed by atoms with van der Waals surface area (Å²) in [4.78, 5) is 2.30. The van der Waals surface area contributed by atoms with Crippen LogP contribution in [0.4, 0.5) is 4.39 Å². The van der Waals surface area contributed by atoms with Gasteiger partial charge in [0.1, 0.15) is 5.82 Å². The van der Waals surface area contributed by atoms with Crippen molar-refractivity contribution < 1.29 is 4.39 Å². The molecule has 1 nitrogen and oxygen atoms in total. The highest BCUT2D eigenvalue weighted by Gasteiger charge is 2.13. The molecule has 0 saturated heterocycles. The molecule has 102 valence electrons. The molecular weight excluding hydrogens is 257 g/mol. The summed E-state index contributed by atoms with van der Waals surface area (Å²) in [6.45, 7) is 5.27. The molecular formula is C16H20FNS. The average molecular weight is 277 g/mol. The highest BCUT2D eigenvalue weighted by atomic mass is 32.1. The minimum Gasteiger partial charge on any atom is -0.310 e. The Morgan fingerprint density at radius 1 is 1.16 bits per heavy atom. The van der Waals surface area contributed by atoms with Crippen LogP contribution in [0.15, 0.2) is 36.4 Å². The van der Waals surface area contributed by atoms with Gasteiger partial charge in [0.15, 0.2) is 0 Å². The molecule has 0 radical (unpaired) electrons. The van der Waals surface area contributed by atoms with E-state index in [4.69, 9.17) is 0 Å². The molecule has 3 heteroatoms. The Labute approximate surface area is 118 Å². The van der Waals surface area contributed by atoms with Gasteiger partial charge in [-0.1, -0.05) is 38.5 Å². The molecule has 0 amide bonds. The summed E-state index contributed by atoms with van der Waals surface area (Å²) in [7, 11) is 0. The fraction of sp³-hybridized carbons (Fsp3) is 0.375. The predicted molar refractivity (Wildman–Crippen MR) is 81.0 cm³/mol. The quantitative estimate of drug-likeness (QED) is 0.783. The first kappa shape index (κ1) is 14.2. The van der Waals surface area contributed by atoms with E-state index in [1.165, 1.54) is 10.9 Å². The molecule has 2 rings (SSSR count). The number of hydrogen-bond donors (Lipinski definition) is 1. The van der Waals surface area contributed by atoms with Crippen LogP contribution in [0, 0.1) is 5.82 Å². The van der Waals surface area contributed by atoms with Crippen molar-refractivity contribution in [2.24, 2.45) is 0 Å². The molecule has 1 heterocycles. The van der Waals surface area contributed by atoms with Crippen LogP contribution in [0.3, 0.4) is 0 Å². The zero-order valence-electron chi connectivity index (χ0n) is 11.4. The third kappa shape index (κ3) is 3.43. The number of benzene rings is 1. The van der Waals surface area contributed by atoms with Crippen molar-refractivity contribution in [3.8, 4) is 10.4 Å². The Kier molecular flexibility index (Phi) is 5.11. The van der Waals surface area contributed by atoms with Gasteiger partial charge in [0, 0.05) is 21.4 Å². The molecule has 0 fully saturated rings. The number of thiophene rings is 1. The number of halogens is 1. The maximum absolute atomic E-state index is 13.8. The summed E-state index contributed by atoms with van der Waals surface area (Å²) < 4.78 is 13.8. The molecule has 2 aromatic rings. The van der Waals surface area contributed by atoms with Gasteiger partial charge in [-0.15, -0.1) is 11.3 Å². The van der Waals surface area contributed by atoms with Gasteiger partial charge in [-0.2, -0.15) is 0 Å². The maximum atomic E-state index is 13.8. The van der Waals surface area contributed by atoms with Crippen LogP contribution in [-0.2, 0) is 0 Å². The van der Waals surface area contributed by atoms with E-state index < -0.39 is 0 Å². The standard InChI is InChI=1S/C16H20FNS/c1-3-7-14(18-4-2)16-11-10-15(19-16)12-8-5-6-9-13(12)17/h5-6,8-11,14,18H,3-4,7H2,1-2H3. The first-order chi connectivity index (χ1) is 9.26. The SMILES string of the molecule is CCCC(NCC)c1ccc(-c2ccccc2F)s1. The Balaban J connectivity index is 2.25. The van der Waals surface area contributed by atoms with Crippen LogP contribution >= 0.6 is 11.3 Å². The van der Waals surface area contributed by atoms with Gasteiger partial charge in [0.25, 0.3) is 0 Å². The second-order valence-corrected chi connectivity index (χ2v) is 5.70. The first-order valence-electron chi connectivity index (χ1n) is 6.84. The maximum Gasteiger partial charge on any atom is 0.131 e. The summed E-state index contributed by atoms with van der Waals surface area (Å²) in [5.74, 6) is -0.147. The number of nitrogens with one attached hydrogen (secondary N) is 1. The lowest BCUT2D eigenvalue weighted by Crippen LogP contribution is -2.19. The van der Waals surface area contributed by atoms with E-state index >= 15 is 0 Å². The van der Waals surface area contributed by atoms with Gasteiger partial charge in [-0.25, -0.2) is 4.39 Å². The van der Waals surface area contributed by atoms with Gasteiger partial charge in [0.2, 0.25) is 0 Å². The normalized spacial score (nSPS) is 12.6. The van der Waals surface area contributed by atoms with E-state index in [1.54, 1.807) is 17.4 Å². The van der Waals surface area contributed by atoms with E-state index in [9.17, 15) is 4.39 Å². The first-order valence-corrected chi connectivity index (χ1v) is 7.66. The fourth-order valence-electron chi connectivity index (χ4n) is 2.23. The van der Waals surface area contributed by atoms with Crippen LogP contribution < -0.4 is 5.32 Å². The Hall–Kier alpha value is -1.19. The van der Waals surface area contributed by atoms with E-state index in [0.29, 0.717) is 11.6 Å². The molecule has 1 aromatic heterocycles. The van der Waals surface area contributed by atoms with Gasteiger partial charge < -0.3 is 5.32 Å². The third-order valence-electron chi connectivity index (χ3n) is 3.14. The van der Waals surface area contributed by atoms with Crippen molar-refractivity contribution in [3.05, 3.63) is 47.1 Å². The molecule has 1 N–H and O–H groups in total. The molecule has 1 aromatic carbocycles. The molecule has 0 aliphatic rings. The van der Waals surface area contributed by atoms with Crippen molar-refractivity contribution in [1.29, 1.82) is 0 Å². The fourth-order valence-corrected chi connectivity index (χ4v) is 3.37. The third-order valence-corrected chi connectivity index (χ3v) is 4.37. The lowest BCUT2D eigenvalue weighted by molar-refractivity contribution is 0.516. The molecule has 0 aliphatic carbocycles. The topological polar surface area (TPSA) is 12.0 Å². The van der Waals surface area contributed by atoms with Crippen LogP contribution in [0.1, 0.15) is 37.6 Å². The van der Waals surface area contributed by atoms with Crippen molar-refractivity contribution in [2.75, 3.05) is 6.54 Å². The zero-order chi connectivity index (χ0) is 13.7. The molecule has 19 heavy (non-hydrogen) atoms. The zero-order valence-corrected chi connectivity index (χ0v) is 12.3. The van der Waals surface area contributed by atoms with Crippen molar-refractivity contribution >= 4 is 11.3 Å². The molecule has 0 saturated carbocycles. The van der Waals surface area contributed by atoms with Crippen LogP contribution in [0.5, 0.6) is 0 Å². The van der Waals surface area contributed by atoms with Crippen molar-refractivity contribution in [3.63, 3.8) is 0 Å². The van der Waals surface area contributed by atoms with Gasteiger partial charge in [-0.3, -0.25) is 0 Å². The Morgan fingerprint density at radius 3 is 2.63 bits per heavy atom. The summed E-state index contributed by atoms with van der Waals surface area (Å²) in [5.41, 5.74) is 0.700. The van der Waals surface area contributed by atoms with E-state index in [2.05, 4.69) is 25.2 Å². The molecule has 0 aliphatic heterocycles. The summed E-state index contributed by atoms with van der Waals surface area (Å²) in [5, 5.41) is 3.50. The van der Waals surface area contributed by atoms with Gasteiger partial charge in [-0.05, 0) is 31.2 Å². The largest absolute Gasteiger partial charge is 0.310 e. The van der Waals surface area contributed by atoms with Crippen LogP contribution in [0.25, 0.3) is 10.4 Å². The molecule has 0 spiro atoms. The minimum absolute atomic E-state index is 0.147. The molecule has 1 unspecified atom stereocenters. The minimum atomic E-state index is -0.147. The monoisotopic (exact) mass is 277 g/mol. The molecule has 0 bridgehead atoms. The predicted octanol–water partition coefficient (Wildman–Crippen LogP) is 5.00. The lowest BCUT2D eigenvalue weighted by Gasteiger charge is -2.15. The van der Waals surface area contributed by atoms with Gasteiger partial charge in [0.05, 0.1) is 0 Å². The van der Waals surface area contributed by atoms with E-state index in [0.717, 1.165) is 24.3 Å². The second kappa shape index (κ2) is 6.83. The summed E-state index contributed by atoms with van der Waals surface area (Å²) in [6.07, 6.45) is 2.26. The highest BCUT2D eigenvalue weighted by Crippen LogP contribution is 2.34. The van der Waals surface area contributed by atoms with Crippen LogP contribution in [0.2, 0.25) is 0 Å². The number of hydrogen-bond acceptors (Lipinski definition) is 2. The lowest BCUT2D eigenvalue weighted by atomic mass is 10.1. The van der Waals surface area contributed by atoms with Crippen molar-refractivity contribution in [1.82, 2.24) is 5.32 Å². The summed E-state index contributed by atoms with van der Waals surface area (Å²) >= 11 is 1.69. The summed E-state index contributed by atoms with van der Waals surface area (Å²) in [6, 6.07) is 11.5. The van der Waals surface area contributed by atoms with Gasteiger partial charge >= 0.3 is 0 Å². The Bertz CT molecular complexity index is 515. The van der Waals surface area contributed by atoms with Crippen LogP contribution in [-0.4, -0.2) is 6.54 Å². The smallest absolute Gasteiger partial charge is 0.131 e. The van der Waals surface area contributed by atoms with E-state index in [-0.39, 0.29) is 5.82 Å². The number of rotatable bonds is 6. The highest BCUT2D eigenvalue weighted by molar-refractivity contribution is 7.15. The Morgan fingerprint density at radius 2 is 1.95 bits per heavy atom. The second-order valence-electron chi connectivity index (χ2n) is 4.58. The van der Waals surface area contributed by atoms with Crippen molar-refractivity contribution in [2.45, 2.75) is 32.7 Å².